The standard InChI is InChI=1S/C12H14ClNO/c1-12(6-7-14-8-12)11(15)9-2-4-10(13)5-3-9/h2-5,14H,6-8H2,1H3. The van der Waals surface area contributed by atoms with Gasteiger partial charge in [0.15, 0.2) is 5.78 Å². The Morgan fingerprint density at radius 2 is 2.07 bits per heavy atom. The van der Waals surface area contributed by atoms with Crippen molar-refractivity contribution < 1.29 is 4.79 Å². The van der Waals surface area contributed by atoms with Gasteiger partial charge in [-0.1, -0.05) is 18.5 Å². The molecule has 1 heterocycles. The molecule has 0 aliphatic carbocycles. The van der Waals surface area contributed by atoms with Crippen molar-refractivity contribution in [3.05, 3.63) is 34.9 Å². The van der Waals surface area contributed by atoms with Crippen LogP contribution in [0.1, 0.15) is 23.7 Å². The molecule has 0 aromatic heterocycles. The molecule has 0 radical (unpaired) electrons. The van der Waals surface area contributed by atoms with E-state index in [2.05, 4.69) is 5.32 Å². The molecular formula is C12H14ClNO. The lowest BCUT2D eigenvalue weighted by molar-refractivity contribution is 0.0839. The van der Waals surface area contributed by atoms with Crippen molar-refractivity contribution in [3.8, 4) is 0 Å². The van der Waals surface area contributed by atoms with Gasteiger partial charge in [-0.05, 0) is 37.2 Å². The van der Waals surface area contributed by atoms with Crippen molar-refractivity contribution in [1.29, 1.82) is 0 Å². The first-order valence-corrected chi connectivity index (χ1v) is 5.51. The Labute approximate surface area is 94.6 Å². The van der Waals surface area contributed by atoms with Crippen LogP contribution in [0.2, 0.25) is 5.02 Å². The molecule has 0 saturated carbocycles. The summed E-state index contributed by atoms with van der Waals surface area (Å²) in [6.45, 7) is 3.72. The molecule has 1 unspecified atom stereocenters. The van der Waals surface area contributed by atoms with Crippen LogP contribution < -0.4 is 5.32 Å². The van der Waals surface area contributed by atoms with Gasteiger partial charge < -0.3 is 5.32 Å². The van der Waals surface area contributed by atoms with Gasteiger partial charge in [0.05, 0.1) is 0 Å². The number of carbonyl (C=O) groups is 1. The number of benzene rings is 1. The zero-order valence-electron chi connectivity index (χ0n) is 8.72. The second kappa shape index (κ2) is 3.95. The van der Waals surface area contributed by atoms with E-state index in [-0.39, 0.29) is 11.2 Å². The predicted octanol–water partition coefficient (Wildman–Crippen LogP) is 2.52. The zero-order valence-corrected chi connectivity index (χ0v) is 9.47. The summed E-state index contributed by atoms with van der Waals surface area (Å²) >= 11 is 5.79. The van der Waals surface area contributed by atoms with Crippen LogP contribution in [-0.4, -0.2) is 18.9 Å². The Balaban J connectivity index is 2.24. The van der Waals surface area contributed by atoms with E-state index in [1.54, 1.807) is 24.3 Å². The molecule has 1 aromatic carbocycles. The largest absolute Gasteiger partial charge is 0.316 e. The van der Waals surface area contributed by atoms with E-state index >= 15 is 0 Å². The third kappa shape index (κ3) is 2.06. The first-order valence-electron chi connectivity index (χ1n) is 5.13. The lowest BCUT2D eigenvalue weighted by Crippen LogP contribution is -2.30. The van der Waals surface area contributed by atoms with E-state index in [9.17, 15) is 4.79 Å². The number of rotatable bonds is 2. The highest BCUT2D eigenvalue weighted by molar-refractivity contribution is 6.30. The number of halogens is 1. The predicted molar refractivity (Wildman–Crippen MR) is 61.4 cm³/mol. The van der Waals surface area contributed by atoms with Crippen molar-refractivity contribution in [2.24, 2.45) is 5.41 Å². The molecule has 1 N–H and O–H groups in total. The van der Waals surface area contributed by atoms with E-state index in [1.165, 1.54) is 0 Å². The number of ketones is 1. The molecule has 0 amide bonds. The second-order valence-electron chi connectivity index (χ2n) is 4.32. The Kier molecular flexibility index (Phi) is 2.81. The molecule has 1 fully saturated rings. The summed E-state index contributed by atoms with van der Waals surface area (Å²) in [6.07, 6.45) is 0.911. The van der Waals surface area contributed by atoms with Crippen LogP contribution in [0.4, 0.5) is 0 Å². The summed E-state index contributed by atoms with van der Waals surface area (Å²) in [5.41, 5.74) is 0.513. The number of hydrogen-bond acceptors (Lipinski definition) is 2. The molecule has 80 valence electrons. The highest BCUT2D eigenvalue weighted by Gasteiger charge is 2.36. The Morgan fingerprint density at radius 3 is 2.60 bits per heavy atom. The van der Waals surface area contributed by atoms with Crippen LogP contribution in [-0.2, 0) is 0 Å². The Hall–Kier alpha value is -0.860. The number of nitrogens with one attached hydrogen (secondary N) is 1. The molecular weight excluding hydrogens is 210 g/mol. The maximum Gasteiger partial charge on any atom is 0.170 e. The van der Waals surface area contributed by atoms with E-state index < -0.39 is 0 Å². The highest BCUT2D eigenvalue weighted by Crippen LogP contribution is 2.29. The smallest absolute Gasteiger partial charge is 0.170 e. The molecule has 2 rings (SSSR count). The van der Waals surface area contributed by atoms with Crippen LogP contribution in [0, 0.1) is 5.41 Å². The van der Waals surface area contributed by atoms with Crippen molar-refractivity contribution in [1.82, 2.24) is 5.32 Å². The van der Waals surface area contributed by atoms with Crippen LogP contribution >= 0.6 is 11.6 Å². The Bertz CT molecular complexity index is 366. The van der Waals surface area contributed by atoms with Gasteiger partial charge in [0, 0.05) is 22.5 Å². The average molecular weight is 224 g/mol. The molecule has 1 aromatic rings. The number of Topliss-reactive ketones (excluding diaryl/α,β-unsaturated/α-hetero) is 1. The summed E-state index contributed by atoms with van der Waals surface area (Å²) in [7, 11) is 0. The molecule has 0 spiro atoms. The lowest BCUT2D eigenvalue weighted by Gasteiger charge is -2.20. The van der Waals surface area contributed by atoms with Crippen molar-refractivity contribution in [2.75, 3.05) is 13.1 Å². The van der Waals surface area contributed by atoms with Crippen LogP contribution in [0.5, 0.6) is 0 Å². The molecule has 3 heteroatoms. The van der Waals surface area contributed by atoms with Gasteiger partial charge in [-0.2, -0.15) is 0 Å². The van der Waals surface area contributed by atoms with Crippen molar-refractivity contribution in [2.45, 2.75) is 13.3 Å². The van der Waals surface area contributed by atoms with Crippen LogP contribution in [0.25, 0.3) is 0 Å². The quantitative estimate of drug-likeness (QED) is 0.781. The summed E-state index contributed by atoms with van der Waals surface area (Å²) in [6, 6.07) is 7.13. The molecule has 15 heavy (non-hydrogen) atoms. The maximum atomic E-state index is 12.2. The fourth-order valence-electron chi connectivity index (χ4n) is 1.96. The molecule has 2 nitrogen and oxygen atoms in total. The van der Waals surface area contributed by atoms with E-state index in [4.69, 9.17) is 11.6 Å². The normalized spacial score (nSPS) is 25.5. The first kappa shape index (κ1) is 10.7. The second-order valence-corrected chi connectivity index (χ2v) is 4.76. The minimum absolute atomic E-state index is 0.212. The number of hydrogen-bond donors (Lipinski definition) is 1. The van der Waals surface area contributed by atoms with E-state index in [0.717, 1.165) is 25.1 Å². The SMILES string of the molecule is CC1(C(=O)c2ccc(Cl)cc2)CCNC1. The van der Waals surface area contributed by atoms with Gasteiger partial charge >= 0.3 is 0 Å². The van der Waals surface area contributed by atoms with Gasteiger partial charge in [-0.25, -0.2) is 0 Å². The monoisotopic (exact) mass is 223 g/mol. The van der Waals surface area contributed by atoms with Gasteiger partial charge in [0.25, 0.3) is 0 Å². The summed E-state index contributed by atoms with van der Waals surface area (Å²) in [5, 5.41) is 3.90. The first-order chi connectivity index (χ1) is 7.12. The van der Waals surface area contributed by atoms with Gasteiger partial charge in [-0.3, -0.25) is 4.79 Å². The van der Waals surface area contributed by atoms with Gasteiger partial charge in [0.2, 0.25) is 0 Å². The molecule has 1 atom stereocenters. The van der Waals surface area contributed by atoms with Crippen molar-refractivity contribution in [3.63, 3.8) is 0 Å². The maximum absolute atomic E-state index is 12.2. The average Bonchev–Trinajstić information content (AvgIpc) is 2.67. The number of carbonyl (C=O) groups excluding carboxylic acids is 1. The Morgan fingerprint density at radius 1 is 1.40 bits per heavy atom. The fraction of sp³-hybridized carbons (Fsp3) is 0.417. The highest BCUT2D eigenvalue weighted by atomic mass is 35.5. The zero-order chi connectivity index (χ0) is 10.9. The molecule has 1 saturated heterocycles. The molecule has 0 bridgehead atoms. The summed E-state index contributed by atoms with van der Waals surface area (Å²) in [4.78, 5) is 12.2. The summed E-state index contributed by atoms with van der Waals surface area (Å²) < 4.78 is 0. The topological polar surface area (TPSA) is 29.1 Å². The molecule has 1 aliphatic heterocycles. The van der Waals surface area contributed by atoms with E-state index in [1.807, 2.05) is 6.92 Å². The lowest BCUT2D eigenvalue weighted by atomic mass is 9.81. The van der Waals surface area contributed by atoms with Crippen LogP contribution in [0.15, 0.2) is 24.3 Å². The van der Waals surface area contributed by atoms with Gasteiger partial charge in [0.1, 0.15) is 0 Å². The van der Waals surface area contributed by atoms with E-state index in [0.29, 0.717) is 5.02 Å². The fourth-order valence-corrected chi connectivity index (χ4v) is 2.09. The minimum atomic E-state index is -0.242. The minimum Gasteiger partial charge on any atom is -0.316 e. The van der Waals surface area contributed by atoms with Crippen molar-refractivity contribution >= 4 is 17.4 Å². The third-order valence-electron chi connectivity index (χ3n) is 3.02. The molecule has 1 aliphatic rings. The van der Waals surface area contributed by atoms with Gasteiger partial charge in [-0.15, -0.1) is 0 Å². The summed E-state index contributed by atoms with van der Waals surface area (Å²) in [5.74, 6) is 0.212. The van der Waals surface area contributed by atoms with Crippen LogP contribution in [0.3, 0.4) is 0 Å². The third-order valence-corrected chi connectivity index (χ3v) is 3.28.